The fourth-order valence-electron chi connectivity index (χ4n) is 9.04. The minimum absolute atomic E-state index is 0.151. The average Bonchev–Trinajstić information content (AvgIpc) is 3.10. The highest BCUT2D eigenvalue weighted by atomic mass is 16.5. The molecule has 0 heterocycles. The predicted molar refractivity (Wildman–Crippen MR) is 131 cm³/mol. The lowest BCUT2D eigenvalue weighted by molar-refractivity contribution is -0.161. The molecule has 0 aromatic heterocycles. The van der Waals surface area contributed by atoms with Crippen LogP contribution in [-0.2, 0) is 9.53 Å². The molecule has 188 valence electrons. The average molecular weight is 461 g/mol. The van der Waals surface area contributed by atoms with E-state index in [-0.39, 0.29) is 41.5 Å². The molecular weight excluding hydrogens is 412 g/mol. The largest absolute Gasteiger partial charge is 0.458 e. The van der Waals surface area contributed by atoms with Crippen molar-refractivity contribution in [3.8, 4) is 0 Å². The minimum atomic E-state index is -0.346. The highest BCUT2D eigenvalue weighted by molar-refractivity contribution is 5.66. The smallest absolute Gasteiger partial charge is 0.303 e. The van der Waals surface area contributed by atoms with Crippen LogP contribution >= 0.6 is 0 Å². The van der Waals surface area contributed by atoms with Gasteiger partial charge in [-0.2, -0.15) is 0 Å². The van der Waals surface area contributed by atoms with Gasteiger partial charge in [0.15, 0.2) is 0 Å². The van der Waals surface area contributed by atoms with Gasteiger partial charge < -0.3 is 14.9 Å². The first-order valence-electron chi connectivity index (χ1n) is 13.8. The van der Waals surface area contributed by atoms with Crippen molar-refractivity contribution in [2.75, 3.05) is 6.61 Å². The maximum Gasteiger partial charge on any atom is 0.303 e. The molecule has 0 saturated heterocycles. The van der Waals surface area contributed by atoms with Gasteiger partial charge in [-0.15, -0.1) is 0 Å². The number of ether oxygens (including phenoxy) is 1. The van der Waals surface area contributed by atoms with Crippen molar-refractivity contribution in [2.24, 2.45) is 46.3 Å². The number of fused-ring (bicyclic) bond motifs is 5. The van der Waals surface area contributed by atoms with E-state index >= 15 is 0 Å². The Morgan fingerprint density at radius 1 is 1.12 bits per heavy atom. The van der Waals surface area contributed by atoms with Gasteiger partial charge in [0.05, 0.1) is 12.7 Å². The lowest BCUT2D eigenvalue weighted by atomic mass is 9.46. The van der Waals surface area contributed by atoms with Crippen LogP contribution in [0.4, 0.5) is 0 Å². The number of carbonyl (C=O) groups excluding carboxylic acids is 1. The zero-order valence-electron chi connectivity index (χ0n) is 21.7. The van der Waals surface area contributed by atoms with Crippen molar-refractivity contribution in [1.29, 1.82) is 0 Å². The van der Waals surface area contributed by atoms with E-state index in [1.165, 1.54) is 45.4 Å². The Morgan fingerprint density at radius 3 is 2.55 bits per heavy atom. The van der Waals surface area contributed by atoms with Crippen LogP contribution < -0.4 is 0 Å². The zero-order chi connectivity index (χ0) is 24.0. The zero-order valence-corrected chi connectivity index (χ0v) is 21.7. The summed E-state index contributed by atoms with van der Waals surface area (Å²) in [6.45, 7) is 11.3. The summed E-state index contributed by atoms with van der Waals surface area (Å²) in [4.78, 5) is 12.1. The molecule has 0 spiro atoms. The standard InChI is InChI=1S/C29H48O4/c1-18(2)7-6-8-19(3)23-9-10-24-27-25(12-13-28(23,24)5)29(17-30)14-11-22(32)15-21(29)16-26(27)33-20(4)31/h16,18-19,22-27,30,32H,6-15,17H2,1-5H3. The molecule has 4 heteroatoms. The van der Waals surface area contributed by atoms with E-state index in [4.69, 9.17) is 4.74 Å². The summed E-state index contributed by atoms with van der Waals surface area (Å²) < 4.78 is 6.00. The molecule has 3 saturated carbocycles. The summed E-state index contributed by atoms with van der Waals surface area (Å²) in [6, 6.07) is 0. The van der Waals surface area contributed by atoms with Crippen molar-refractivity contribution < 1.29 is 19.7 Å². The number of aliphatic hydroxyl groups is 2. The third kappa shape index (κ3) is 4.44. The van der Waals surface area contributed by atoms with Crippen LogP contribution in [0.25, 0.3) is 0 Å². The van der Waals surface area contributed by atoms with Gasteiger partial charge in [-0.3, -0.25) is 4.79 Å². The van der Waals surface area contributed by atoms with E-state index in [1.807, 2.05) is 0 Å². The van der Waals surface area contributed by atoms with Gasteiger partial charge in [0.25, 0.3) is 0 Å². The third-order valence-electron chi connectivity index (χ3n) is 10.6. The van der Waals surface area contributed by atoms with E-state index in [9.17, 15) is 15.0 Å². The van der Waals surface area contributed by atoms with Crippen molar-refractivity contribution in [1.82, 2.24) is 0 Å². The minimum Gasteiger partial charge on any atom is -0.458 e. The summed E-state index contributed by atoms with van der Waals surface area (Å²) in [5.74, 6) is 3.18. The highest BCUT2D eigenvalue weighted by Crippen LogP contribution is 2.67. The fourth-order valence-corrected chi connectivity index (χ4v) is 9.04. The quantitative estimate of drug-likeness (QED) is 0.366. The van der Waals surface area contributed by atoms with E-state index in [0.717, 1.165) is 42.6 Å². The molecule has 0 radical (unpaired) electrons. The van der Waals surface area contributed by atoms with Gasteiger partial charge in [0.1, 0.15) is 6.10 Å². The van der Waals surface area contributed by atoms with Crippen LogP contribution in [-0.4, -0.2) is 35.0 Å². The molecular formula is C29H48O4. The molecule has 4 aliphatic rings. The molecule has 0 aromatic carbocycles. The van der Waals surface area contributed by atoms with Crippen LogP contribution in [0.1, 0.15) is 98.8 Å². The van der Waals surface area contributed by atoms with Gasteiger partial charge >= 0.3 is 5.97 Å². The fraction of sp³-hybridized carbons (Fsp3) is 0.897. The number of esters is 1. The van der Waals surface area contributed by atoms with Crippen LogP contribution in [0.15, 0.2) is 11.6 Å². The van der Waals surface area contributed by atoms with E-state index < -0.39 is 0 Å². The number of hydrogen-bond acceptors (Lipinski definition) is 4. The number of hydrogen-bond donors (Lipinski definition) is 2. The van der Waals surface area contributed by atoms with Gasteiger partial charge in [-0.05, 0) is 86.0 Å². The molecule has 0 bridgehead atoms. The Bertz CT molecular complexity index is 744. The van der Waals surface area contributed by atoms with Crippen molar-refractivity contribution >= 4 is 5.97 Å². The van der Waals surface area contributed by atoms with Crippen molar-refractivity contribution in [3.63, 3.8) is 0 Å². The third-order valence-corrected chi connectivity index (χ3v) is 10.6. The summed E-state index contributed by atoms with van der Waals surface area (Å²) in [7, 11) is 0. The highest BCUT2D eigenvalue weighted by Gasteiger charge is 2.62. The first kappa shape index (κ1) is 25.2. The Hall–Kier alpha value is -0.870. The van der Waals surface area contributed by atoms with Crippen molar-refractivity contribution in [3.05, 3.63) is 11.6 Å². The molecule has 4 rings (SSSR count). The SMILES string of the molecule is CC(=O)OC1C=C2CC(O)CCC2(CO)C2CCC3(C)C(C(C)CCCC(C)C)CCC3C12. The van der Waals surface area contributed by atoms with Crippen LogP contribution in [0, 0.1) is 46.3 Å². The Balaban J connectivity index is 1.63. The summed E-state index contributed by atoms with van der Waals surface area (Å²) >= 11 is 0. The molecule has 4 aliphatic carbocycles. The molecule has 4 nitrogen and oxygen atoms in total. The normalized spacial score (nSPS) is 43.3. The lowest BCUT2D eigenvalue weighted by Crippen LogP contribution is -2.57. The first-order chi connectivity index (χ1) is 15.6. The number of aliphatic hydroxyl groups excluding tert-OH is 2. The summed E-state index contributed by atoms with van der Waals surface area (Å²) in [5.41, 5.74) is 1.20. The number of carbonyl (C=O) groups is 1. The molecule has 0 aromatic rings. The summed E-state index contributed by atoms with van der Waals surface area (Å²) in [5, 5.41) is 21.1. The molecule has 9 unspecified atom stereocenters. The monoisotopic (exact) mass is 460 g/mol. The van der Waals surface area contributed by atoms with E-state index in [2.05, 4.69) is 33.8 Å². The second-order valence-corrected chi connectivity index (χ2v) is 12.8. The second-order valence-electron chi connectivity index (χ2n) is 12.8. The summed E-state index contributed by atoms with van der Waals surface area (Å²) in [6.07, 6.45) is 12.6. The van der Waals surface area contributed by atoms with E-state index in [0.29, 0.717) is 18.3 Å². The van der Waals surface area contributed by atoms with Crippen LogP contribution in [0.5, 0.6) is 0 Å². The maximum absolute atomic E-state index is 12.1. The van der Waals surface area contributed by atoms with Crippen LogP contribution in [0.3, 0.4) is 0 Å². The lowest BCUT2D eigenvalue weighted by Gasteiger charge is -2.60. The van der Waals surface area contributed by atoms with Crippen molar-refractivity contribution in [2.45, 2.75) is 111 Å². The van der Waals surface area contributed by atoms with Gasteiger partial charge in [-0.25, -0.2) is 0 Å². The van der Waals surface area contributed by atoms with Gasteiger partial charge in [0.2, 0.25) is 0 Å². The molecule has 9 atom stereocenters. The number of rotatable bonds is 7. The first-order valence-corrected chi connectivity index (χ1v) is 13.8. The Morgan fingerprint density at radius 2 is 1.88 bits per heavy atom. The molecule has 0 aliphatic heterocycles. The Labute approximate surface area is 201 Å². The van der Waals surface area contributed by atoms with Gasteiger partial charge in [-0.1, -0.05) is 52.5 Å². The van der Waals surface area contributed by atoms with Crippen LogP contribution in [0.2, 0.25) is 0 Å². The Kier molecular flexibility index (Phi) is 7.37. The van der Waals surface area contributed by atoms with E-state index in [1.54, 1.807) is 0 Å². The van der Waals surface area contributed by atoms with Gasteiger partial charge in [0, 0.05) is 18.3 Å². The topological polar surface area (TPSA) is 66.8 Å². The second kappa shape index (κ2) is 9.64. The molecule has 3 fully saturated rings. The maximum atomic E-state index is 12.1. The molecule has 2 N–H and O–H groups in total. The molecule has 0 amide bonds. The predicted octanol–water partition coefficient (Wildman–Crippen LogP) is 5.90. The molecule has 33 heavy (non-hydrogen) atoms.